The molecule has 5 nitrogen and oxygen atoms in total. The standard InChI is InChI=1S/C18H20ClNO4/c1-10-12(3)24-13(4)17(10)18(22)23-9-16(21)20-11(2)14-6-5-7-15(19)8-14/h5-8,11H,9H2,1-4H3,(H,20,21). The lowest BCUT2D eigenvalue weighted by Crippen LogP contribution is -2.31. The third-order valence-electron chi connectivity index (χ3n) is 3.83. The quantitative estimate of drug-likeness (QED) is 0.831. The lowest BCUT2D eigenvalue weighted by Gasteiger charge is -2.14. The summed E-state index contributed by atoms with van der Waals surface area (Å²) in [6.45, 7) is 6.73. The van der Waals surface area contributed by atoms with E-state index in [1.165, 1.54) is 0 Å². The number of hydrogen-bond donors (Lipinski definition) is 1. The van der Waals surface area contributed by atoms with Gasteiger partial charge < -0.3 is 14.5 Å². The van der Waals surface area contributed by atoms with Gasteiger partial charge >= 0.3 is 5.97 Å². The summed E-state index contributed by atoms with van der Waals surface area (Å²) in [5.74, 6) is 0.208. The van der Waals surface area contributed by atoms with Crippen LogP contribution in [0.25, 0.3) is 0 Å². The molecule has 0 spiro atoms. The van der Waals surface area contributed by atoms with Crippen LogP contribution < -0.4 is 5.32 Å². The summed E-state index contributed by atoms with van der Waals surface area (Å²) < 4.78 is 10.5. The fraction of sp³-hybridized carbons (Fsp3) is 0.333. The van der Waals surface area contributed by atoms with Crippen molar-refractivity contribution in [3.05, 3.63) is 57.5 Å². The van der Waals surface area contributed by atoms with Gasteiger partial charge in [-0.15, -0.1) is 0 Å². The van der Waals surface area contributed by atoms with Gasteiger partial charge in [-0.25, -0.2) is 4.79 Å². The molecular weight excluding hydrogens is 330 g/mol. The van der Waals surface area contributed by atoms with Crippen LogP contribution >= 0.6 is 11.6 Å². The van der Waals surface area contributed by atoms with Gasteiger partial charge in [0.15, 0.2) is 6.61 Å². The van der Waals surface area contributed by atoms with Crippen LogP contribution in [0.15, 0.2) is 28.7 Å². The van der Waals surface area contributed by atoms with Crippen LogP contribution in [-0.2, 0) is 9.53 Å². The number of ether oxygens (including phenoxy) is 1. The van der Waals surface area contributed by atoms with Gasteiger partial charge in [0.25, 0.3) is 5.91 Å². The Labute approximate surface area is 145 Å². The molecule has 24 heavy (non-hydrogen) atoms. The molecule has 1 atom stereocenters. The van der Waals surface area contributed by atoms with E-state index in [-0.39, 0.29) is 18.6 Å². The van der Waals surface area contributed by atoms with Crippen LogP contribution in [0.2, 0.25) is 5.02 Å². The summed E-state index contributed by atoms with van der Waals surface area (Å²) in [5.41, 5.74) is 1.98. The Kier molecular flexibility index (Phi) is 5.67. The maximum atomic E-state index is 12.1. The number of furan rings is 1. The number of carbonyl (C=O) groups excluding carboxylic acids is 2. The first-order valence-corrected chi connectivity index (χ1v) is 7.96. The molecule has 1 aromatic heterocycles. The van der Waals surface area contributed by atoms with Crippen molar-refractivity contribution in [2.75, 3.05) is 6.61 Å². The van der Waals surface area contributed by atoms with Gasteiger partial charge in [-0.2, -0.15) is 0 Å². The highest BCUT2D eigenvalue weighted by atomic mass is 35.5. The molecule has 0 aliphatic carbocycles. The number of rotatable bonds is 5. The third kappa shape index (κ3) is 4.17. The number of hydrogen-bond acceptors (Lipinski definition) is 4. The SMILES string of the molecule is Cc1oc(C)c(C(=O)OCC(=O)NC(C)c2cccc(Cl)c2)c1C. The van der Waals surface area contributed by atoms with E-state index < -0.39 is 5.97 Å². The molecule has 1 aromatic carbocycles. The summed E-state index contributed by atoms with van der Waals surface area (Å²) in [4.78, 5) is 24.1. The van der Waals surface area contributed by atoms with Gasteiger partial charge in [-0.1, -0.05) is 23.7 Å². The van der Waals surface area contributed by atoms with Gasteiger partial charge in [0, 0.05) is 10.6 Å². The van der Waals surface area contributed by atoms with E-state index in [1.54, 1.807) is 32.9 Å². The number of halogens is 1. The molecule has 6 heteroatoms. The van der Waals surface area contributed by atoms with Crippen molar-refractivity contribution in [2.24, 2.45) is 0 Å². The van der Waals surface area contributed by atoms with Crippen molar-refractivity contribution in [1.29, 1.82) is 0 Å². The van der Waals surface area contributed by atoms with Crippen LogP contribution in [-0.4, -0.2) is 18.5 Å². The smallest absolute Gasteiger partial charge is 0.342 e. The fourth-order valence-corrected chi connectivity index (χ4v) is 2.64. The predicted molar refractivity (Wildman–Crippen MR) is 91.2 cm³/mol. The number of benzene rings is 1. The molecule has 0 saturated carbocycles. The number of aryl methyl sites for hydroxylation is 2. The van der Waals surface area contributed by atoms with Crippen molar-refractivity contribution < 1.29 is 18.7 Å². The molecule has 0 fully saturated rings. The van der Waals surface area contributed by atoms with Gasteiger partial charge in [0.1, 0.15) is 17.1 Å². The van der Waals surface area contributed by atoms with Gasteiger partial charge in [0.2, 0.25) is 0 Å². The topological polar surface area (TPSA) is 68.5 Å². The van der Waals surface area contributed by atoms with Crippen LogP contribution in [0.4, 0.5) is 0 Å². The van der Waals surface area contributed by atoms with Crippen LogP contribution in [0, 0.1) is 20.8 Å². The molecule has 1 amide bonds. The second-order valence-electron chi connectivity index (χ2n) is 5.63. The Bertz CT molecular complexity index is 766. The van der Waals surface area contributed by atoms with Crippen molar-refractivity contribution in [3.63, 3.8) is 0 Å². The summed E-state index contributed by atoms with van der Waals surface area (Å²) >= 11 is 5.94. The highest BCUT2D eigenvalue weighted by Gasteiger charge is 2.21. The van der Waals surface area contributed by atoms with Crippen molar-refractivity contribution in [1.82, 2.24) is 5.32 Å². The van der Waals surface area contributed by atoms with E-state index in [9.17, 15) is 9.59 Å². The van der Waals surface area contributed by atoms with Gasteiger partial charge in [-0.3, -0.25) is 4.79 Å². The van der Waals surface area contributed by atoms with Crippen LogP contribution in [0.3, 0.4) is 0 Å². The van der Waals surface area contributed by atoms with E-state index in [0.29, 0.717) is 22.1 Å². The molecule has 2 rings (SSSR count). The first-order valence-electron chi connectivity index (χ1n) is 7.58. The highest BCUT2D eigenvalue weighted by molar-refractivity contribution is 6.30. The molecule has 2 aromatic rings. The Balaban J connectivity index is 1.92. The zero-order valence-corrected chi connectivity index (χ0v) is 14.9. The number of carbonyl (C=O) groups is 2. The normalized spacial score (nSPS) is 11.9. The Morgan fingerprint density at radius 3 is 2.54 bits per heavy atom. The fourth-order valence-electron chi connectivity index (χ4n) is 2.44. The predicted octanol–water partition coefficient (Wildman–Crippen LogP) is 3.89. The summed E-state index contributed by atoms with van der Waals surface area (Å²) in [5, 5.41) is 3.36. The second kappa shape index (κ2) is 7.53. The van der Waals surface area contributed by atoms with E-state index in [2.05, 4.69) is 5.32 Å². The highest BCUT2D eigenvalue weighted by Crippen LogP contribution is 2.21. The van der Waals surface area contributed by atoms with Crippen molar-refractivity contribution >= 4 is 23.5 Å². The Morgan fingerprint density at radius 1 is 1.25 bits per heavy atom. The van der Waals surface area contributed by atoms with Crippen LogP contribution in [0.1, 0.15) is 46.0 Å². The number of nitrogens with one attached hydrogen (secondary N) is 1. The average molecular weight is 350 g/mol. The van der Waals surface area contributed by atoms with Crippen LogP contribution in [0.5, 0.6) is 0 Å². The monoisotopic (exact) mass is 349 g/mol. The summed E-state index contributed by atoms with van der Waals surface area (Å²) in [7, 11) is 0. The van der Waals surface area contributed by atoms with Gasteiger partial charge in [0.05, 0.1) is 6.04 Å². The average Bonchev–Trinajstić information content (AvgIpc) is 2.77. The Hall–Kier alpha value is -2.27. The number of amides is 1. The molecule has 1 N–H and O–H groups in total. The molecule has 0 saturated heterocycles. The maximum absolute atomic E-state index is 12.1. The van der Waals surface area contributed by atoms with E-state index in [1.807, 2.05) is 19.1 Å². The molecule has 1 unspecified atom stereocenters. The third-order valence-corrected chi connectivity index (χ3v) is 4.06. The van der Waals surface area contributed by atoms with Crippen molar-refractivity contribution in [2.45, 2.75) is 33.7 Å². The molecule has 0 aliphatic rings. The molecule has 0 aliphatic heterocycles. The lowest BCUT2D eigenvalue weighted by atomic mass is 10.1. The first-order chi connectivity index (χ1) is 11.3. The lowest BCUT2D eigenvalue weighted by molar-refractivity contribution is -0.124. The second-order valence-corrected chi connectivity index (χ2v) is 6.07. The minimum atomic E-state index is -0.563. The largest absolute Gasteiger partial charge is 0.465 e. The van der Waals surface area contributed by atoms with Crippen molar-refractivity contribution in [3.8, 4) is 0 Å². The minimum absolute atomic E-state index is 0.241. The zero-order valence-electron chi connectivity index (χ0n) is 14.1. The van der Waals surface area contributed by atoms with E-state index in [0.717, 1.165) is 11.1 Å². The first kappa shape index (κ1) is 18.1. The maximum Gasteiger partial charge on any atom is 0.342 e. The summed E-state index contributed by atoms with van der Waals surface area (Å²) in [6.07, 6.45) is 0. The molecular formula is C18H20ClNO4. The molecule has 0 bridgehead atoms. The molecule has 0 radical (unpaired) electrons. The van der Waals surface area contributed by atoms with E-state index >= 15 is 0 Å². The van der Waals surface area contributed by atoms with Gasteiger partial charge in [-0.05, 0) is 45.4 Å². The molecule has 1 heterocycles. The minimum Gasteiger partial charge on any atom is -0.465 e. The summed E-state index contributed by atoms with van der Waals surface area (Å²) in [6, 6.07) is 6.98. The van der Waals surface area contributed by atoms with E-state index in [4.69, 9.17) is 20.8 Å². The Morgan fingerprint density at radius 2 is 1.96 bits per heavy atom. The molecule has 128 valence electrons. The zero-order chi connectivity index (χ0) is 17.9. The number of esters is 1.